The first-order chi connectivity index (χ1) is 19.3. The minimum absolute atomic E-state index is 0.129. The van der Waals surface area contributed by atoms with Crippen molar-refractivity contribution in [1.82, 2.24) is 10.2 Å². The Bertz CT molecular complexity index is 1490. The maximum Gasteiger partial charge on any atom is 0.416 e. The molecular formula is C28H28Cl2F3N3O4S. The summed E-state index contributed by atoms with van der Waals surface area (Å²) < 4.78 is 68.9. The van der Waals surface area contributed by atoms with Gasteiger partial charge in [0.2, 0.25) is 11.8 Å². The highest BCUT2D eigenvalue weighted by Gasteiger charge is 2.36. The van der Waals surface area contributed by atoms with Gasteiger partial charge in [0.25, 0.3) is 10.0 Å². The molecule has 0 saturated heterocycles. The van der Waals surface area contributed by atoms with E-state index in [1.54, 1.807) is 30.3 Å². The molecule has 7 nitrogen and oxygen atoms in total. The predicted molar refractivity (Wildman–Crippen MR) is 152 cm³/mol. The average Bonchev–Trinajstić information content (AvgIpc) is 2.93. The lowest BCUT2D eigenvalue weighted by molar-refractivity contribution is -0.139. The van der Waals surface area contributed by atoms with Gasteiger partial charge in [0.15, 0.2) is 0 Å². The number of sulfonamides is 1. The van der Waals surface area contributed by atoms with E-state index >= 15 is 0 Å². The summed E-state index contributed by atoms with van der Waals surface area (Å²) in [5, 5.41) is 2.76. The number of benzene rings is 3. The molecule has 41 heavy (non-hydrogen) atoms. The van der Waals surface area contributed by atoms with Gasteiger partial charge in [-0.2, -0.15) is 13.2 Å². The van der Waals surface area contributed by atoms with Crippen LogP contribution in [0.2, 0.25) is 10.0 Å². The van der Waals surface area contributed by atoms with Crippen molar-refractivity contribution in [3.63, 3.8) is 0 Å². The van der Waals surface area contributed by atoms with Gasteiger partial charge in [-0.15, -0.1) is 0 Å². The van der Waals surface area contributed by atoms with Crippen LogP contribution in [0.4, 0.5) is 18.9 Å². The molecule has 0 bridgehead atoms. The van der Waals surface area contributed by atoms with Crippen LogP contribution in [-0.4, -0.2) is 44.3 Å². The molecule has 0 aliphatic heterocycles. The molecule has 3 rings (SSSR count). The van der Waals surface area contributed by atoms with E-state index < -0.39 is 51.9 Å². The SMILES string of the molecule is CCCNC(=O)[C@@H](C)N(Cc1cccc(Cl)c1)C(=O)CN(c1cc(C(F)(F)F)ccc1Cl)S(=O)(=O)c1ccccc1. The Hall–Kier alpha value is -3.28. The van der Waals surface area contributed by atoms with Crippen LogP contribution in [0.5, 0.6) is 0 Å². The number of amides is 2. The van der Waals surface area contributed by atoms with Crippen molar-refractivity contribution < 1.29 is 31.2 Å². The van der Waals surface area contributed by atoms with Crippen molar-refractivity contribution in [2.24, 2.45) is 0 Å². The summed E-state index contributed by atoms with van der Waals surface area (Å²) in [5.74, 6) is -1.34. The maximum absolute atomic E-state index is 13.8. The van der Waals surface area contributed by atoms with Crippen LogP contribution >= 0.6 is 23.2 Å². The zero-order valence-corrected chi connectivity index (χ0v) is 24.5. The molecule has 3 aromatic carbocycles. The summed E-state index contributed by atoms with van der Waals surface area (Å²) in [5.41, 5.74) is -1.14. The molecular weight excluding hydrogens is 602 g/mol. The molecule has 13 heteroatoms. The van der Waals surface area contributed by atoms with Crippen LogP contribution < -0.4 is 9.62 Å². The first kappa shape index (κ1) is 32.2. The second kappa shape index (κ2) is 13.6. The van der Waals surface area contributed by atoms with E-state index in [0.29, 0.717) is 40.0 Å². The molecule has 0 aromatic heterocycles. The van der Waals surface area contributed by atoms with Gasteiger partial charge in [0.1, 0.15) is 12.6 Å². The third kappa shape index (κ3) is 8.15. The smallest absolute Gasteiger partial charge is 0.354 e. The zero-order chi connectivity index (χ0) is 30.4. The molecule has 0 heterocycles. The van der Waals surface area contributed by atoms with Crippen molar-refractivity contribution >= 4 is 50.7 Å². The van der Waals surface area contributed by atoms with Gasteiger partial charge in [-0.05, 0) is 61.4 Å². The lowest BCUT2D eigenvalue weighted by atomic mass is 10.1. The van der Waals surface area contributed by atoms with E-state index in [9.17, 15) is 31.2 Å². The summed E-state index contributed by atoms with van der Waals surface area (Å²) >= 11 is 12.3. The molecule has 220 valence electrons. The van der Waals surface area contributed by atoms with Crippen molar-refractivity contribution in [2.75, 3.05) is 17.4 Å². The fraction of sp³-hybridized carbons (Fsp3) is 0.286. The Labute approximate surface area is 246 Å². The number of halogens is 5. The van der Waals surface area contributed by atoms with Crippen LogP contribution in [0.1, 0.15) is 31.4 Å². The van der Waals surface area contributed by atoms with Gasteiger partial charge in [-0.25, -0.2) is 8.42 Å². The van der Waals surface area contributed by atoms with E-state index in [2.05, 4.69) is 5.32 Å². The fourth-order valence-corrected chi connectivity index (χ4v) is 5.85. The normalized spacial score (nSPS) is 12.5. The second-order valence-electron chi connectivity index (χ2n) is 9.11. The van der Waals surface area contributed by atoms with Gasteiger partial charge in [0.05, 0.1) is 21.2 Å². The van der Waals surface area contributed by atoms with E-state index in [1.807, 2.05) is 6.92 Å². The van der Waals surface area contributed by atoms with Crippen LogP contribution in [-0.2, 0) is 32.3 Å². The number of carbonyl (C=O) groups excluding carboxylic acids is 2. The number of alkyl halides is 3. The van der Waals surface area contributed by atoms with Crippen LogP contribution in [0, 0.1) is 0 Å². The molecule has 0 aliphatic carbocycles. The standard InChI is InChI=1S/C28H28Cl2F3N3O4S/c1-3-14-34-27(38)19(2)35(17-20-8-7-9-22(29)15-20)26(37)18-36(41(39,40)23-10-5-4-6-11-23)25-16-21(28(31,32)33)12-13-24(25)30/h4-13,15-16,19H,3,14,17-18H2,1-2H3,(H,34,38)/t19-/m1/s1. The molecule has 1 atom stereocenters. The van der Waals surface area contributed by atoms with Crippen molar-refractivity contribution in [1.29, 1.82) is 0 Å². The first-order valence-electron chi connectivity index (χ1n) is 12.5. The van der Waals surface area contributed by atoms with Crippen molar-refractivity contribution in [3.05, 3.63) is 94.0 Å². The minimum Gasteiger partial charge on any atom is -0.354 e. The largest absolute Gasteiger partial charge is 0.416 e. The zero-order valence-electron chi connectivity index (χ0n) is 22.2. The van der Waals surface area contributed by atoms with E-state index in [-0.39, 0.29) is 16.5 Å². The molecule has 0 radical (unpaired) electrons. The Kier molecular flexibility index (Phi) is 10.7. The third-order valence-corrected chi connectivity index (χ3v) is 8.44. The number of carbonyl (C=O) groups is 2. The number of rotatable bonds is 11. The molecule has 0 spiro atoms. The summed E-state index contributed by atoms with van der Waals surface area (Å²) in [4.78, 5) is 27.6. The van der Waals surface area contributed by atoms with E-state index in [0.717, 1.165) is 11.0 Å². The topological polar surface area (TPSA) is 86.8 Å². The first-order valence-corrected chi connectivity index (χ1v) is 14.7. The van der Waals surface area contributed by atoms with Crippen molar-refractivity contribution in [2.45, 2.75) is 43.9 Å². The molecule has 0 unspecified atom stereocenters. The summed E-state index contributed by atoms with van der Waals surface area (Å²) in [6.07, 6.45) is -4.17. The quantitative estimate of drug-likeness (QED) is 0.276. The van der Waals surface area contributed by atoms with Crippen LogP contribution in [0.15, 0.2) is 77.7 Å². The number of nitrogens with zero attached hydrogens (tertiary/aromatic N) is 2. The van der Waals surface area contributed by atoms with Gasteiger partial charge in [-0.1, -0.05) is 60.5 Å². The third-order valence-electron chi connectivity index (χ3n) is 6.11. The maximum atomic E-state index is 13.8. The molecule has 0 aliphatic rings. The lowest BCUT2D eigenvalue weighted by Gasteiger charge is -2.32. The van der Waals surface area contributed by atoms with Crippen molar-refractivity contribution in [3.8, 4) is 0 Å². The number of hydrogen-bond acceptors (Lipinski definition) is 4. The fourth-order valence-electron chi connectivity index (χ4n) is 3.92. The Morgan fingerprint density at radius 1 is 0.976 bits per heavy atom. The Balaban J connectivity index is 2.12. The van der Waals surface area contributed by atoms with Gasteiger partial charge in [0, 0.05) is 18.1 Å². The average molecular weight is 631 g/mol. The van der Waals surface area contributed by atoms with Gasteiger partial charge >= 0.3 is 6.18 Å². The van der Waals surface area contributed by atoms with Crippen LogP contribution in [0.25, 0.3) is 0 Å². The molecule has 3 aromatic rings. The lowest BCUT2D eigenvalue weighted by Crippen LogP contribution is -2.51. The van der Waals surface area contributed by atoms with Gasteiger partial charge in [-0.3, -0.25) is 13.9 Å². The monoisotopic (exact) mass is 629 g/mol. The minimum atomic E-state index is -4.81. The molecule has 2 amide bonds. The van der Waals surface area contributed by atoms with Gasteiger partial charge < -0.3 is 10.2 Å². The summed E-state index contributed by atoms with van der Waals surface area (Å²) in [7, 11) is -4.59. The molecule has 0 saturated carbocycles. The van der Waals surface area contributed by atoms with E-state index in [1.165, 1.54) is 31.2 Å². The number of hydrogen-bond donors (Lipinski definition) is 1. The molecule has 0 fully saturated rings. The Morgan fingerprint density at radius 2 is 1.66 bits per heavy atom. The Morgan fingerprint density at radius 3 is 2.27 bits per heavy atom. The van der Waals surface area contributed by atoms with Crippen LogP contribution in [0.3, 0.4) is 0 Å². The molecule has 1 N–H and O–H groups in total. The summed E-state index contributed by atoms with van der Waals surface area (Å²) in [6.45, 7) is 2.60. The highest BCUT2D eigenvalue weighted by Crippen LogP contribution is 2.37. The predicted octanol–water partition coefficient (Wildman–Crippen LogP) is 6.15. The summed E-state index contributed by atoms with van der Waals surface area (Å²) in [6, 6.07) is 14.6. The number of anilines is 1. The highest BCUT2D eigenvalue weighted by atomic mass is 35.5. The van der Waals surface area contributed by atoms with E-state index in [4.69, 9.17) is 23.2 Å². The number of nitrogens with one attached hydrogen (secondary N) is 1. The second-order valence-corrected chi connectivity index (χ2v) is 11.8. The highest BCUT2D eigenvalue weighted by molar-refractivity contribution is 7.92.